The first kappa shape index (κ1) is 13.2. The molecule has 19 heavy (non-hydrogen) atoms. The van der Waals surface area contributed by atoms with E-state index in [4.69, 9.17) is 9.47 Å². The Kier molecular flexibility index (Phi) is 2.83. The average Bonchev–Trinajstić information content (AvgIpc) is 2.95. The molecule has 0 aromatic rings. The number of hydrogen-bond donors (Lipinski definition) is 0. The summed E-state index contributed by atoms with van der Waals surface area (Å²) in [6.07, 6.45) is 0. The maximum absolute atomic E-state index is 13.3. The molecule has 0 bridgehead atoms. The molecule has 0 radical (unpaired) electrons. The summed E-state index contributed by atoms with van der Waals surface area (Å²) in [7, 11) is -2.63. The van der Waals surface area contributed by atoms with Gasteiger partial charge in [-0.25, -0.2) is 0 Å². The van der Waals surface area contributed by atoms with Gasteiger partial charge < -0.3 is 9.47 Å². The van der Waals surface area contributed by atoms with Gasteiger partial charge in [0.2, 0.25) is 0 Å². The number of nitrogens with zero attached hydrogens (tertiary/aromatic N) is 2. The lowest BCUT2D eigenvalue weighted by Gasteiger charge is -2.35. The van der Waals surface area contributed by atoms with Crippen LogP contribution in [0.1, 0.15) is 27.7 Å². The summed E-state index contributed by atoms with van der Waals surface area (Å²) in [6, 6.07) is 0.362. The van der Waals surface area contributed by atoms with E-state index in [1.165, 1.54) is 0 Å². The zero-order valence-electron chi connectivity index (χ0n) is 12.3. The monoisotopic (exact) mass is 286 g/mol. The summed E-state index contributed by atoms with van der Waals surface area (Å²) < 4.78 is 28.9. The molecule has 0 spiro atoms. The first-order chi connectivity index (χ1) is 8.85. The number of hydrogen-bond acceptors (Lipinski definition) is 3. The van der Waals surface area contributed by atoms with Gasteiger partial charge in [-0.1, -0.05) is 27.7 Å². The normalized spacial score (nSPS) is 31.9. The predicted octanol–water partition coefficient (Wildman–Crippen LogP) is 2.66. The van der Waals surface area contributed by atoms with Crippen molar-refractivity contribution < 1.29 is 14.0 Å². The van der Waals surface area contributed by atoms with Gasteiger partial charge in [0, 0.05) is 6.66 Å². The Morgan fingerprint density at radius 3 is 1.68 bits per heavy atom. The molecule has 3 aliphatic rings. The van der Waals surface area contributed by atoms with Crippen molar-refractivity contribution in [2.24, 2.45) is 11.8 Å². The summed E-state index contributed by atoms with van der Waals surface area (Å²) in [5.41, 5.74) is 0. The minimum Gasteiger partial charge on any atom is -0.473 e. The molecule has 0 aromatic carbocycles. The third kappa shape index (κ3) is 1.63. The number of fused-ring (bicyclic) bond motifs is 2. The van der Waals surface area contributed by atoms with Crippen LogP contribution in [0.5, 0.6) is 0 Å². The van der Waals surface area contributed by atoms with Gasteiger partial charge in [-0.15, -0.1) is 0 Å². The third-order valence-corrected chi connectivity index (χ3v) is 6.90. The van der Waals surface area contributed by atoms with Gasteiger partial charge in [0.25, 0.3) is 19.2 Å². The van der Waals surface area contributed by atoms with Crippen LogP contribution in [0.25, 0.3) is 0 Å². The molecule has 3 rings (SSSR count). The minimum atomic E-state index is -2.63. The lowest BCUT2D eigenvalue weighted by molar-refractivity contribution is 0.187. The van der Waals surface area contributed by atoms with Crippen molar-refractivity contribution in [1.29, 1.82) is 0 Å². The van der Waals surface area contributed by atoms with Crippen LogP contribution in [0.3, 0.4) is 0 Å². The molecule has 0 aliphatic carbocycles. The summed E-state index contributed by atoms with van der Waals surface area (Å²) in [5, 5.41) is 0. The lowest BCUT2D eigenvalue weighted by Crippen LogP contribution is -2.37. The second-order valence-corrected chi connectivity index (χ2v) is 8.91. The van der Waals surface area contributed by atoms with Gasteiger partial charge in [-0.3, -0.25) is 13.9 Å². The fourth-order valence-corrected chi connectivity index (χ4v) is 6.10. The molecule has 6 heteroatoms. The van der Waals surface area contributed by atoms with E-state index in [9.17, 15) is 4.57 Å². The second kappa shape index (κ2) is 4.08. The van der Waals surface area contributed by atoms with Crippen molar-refractivity contribution >= 4 is 7.44 Å². The molecule has 3 aliphatic heterocycles. The first-order valence-electron chi connectivity index (χ1n) is 7.02. The van der Waals surface area contributed by atoms with E-state index in [0.717, 1.165) is 0 Å². The summed E-state index contributed by atoms with van der Waals surface area (Å²) in [6.45, 7) is 11.6. The molecule has 3 heterocycles. The zero-order valence-corrected chi connectivity index (χ0v) is 13.2. The molecule has 0 unspecified atom stereocenters. The van der Waals surface area contributed by atoms with E-state index in [1.807, 2.05) is 16.0 Å². The topological polar surface area (TPSA) is 42.0 Å². The molecule has 0 N–H and O–H groups in total. The van der Waals surface area contributed by atoms with Crippen LogP contribution < -0.4 is 0 Å². The standard InChI is InChI=1S/C13H23N2O3P/c1-8(2)10-6-17-12-13-15(19(5,16)14(10)12)11(7-18-13)9(3)4/h8-11H,6-7H2,1-5H3/t10-,11-/m1/s1. The molecule has 0 aromatic heterocycles. The van der Waals surface area contributed by atoms with Crippen LogP contribution in [-0.4, -0.2) is 41.3 Å². The molecule has 5 nitrogen and oxygen atoms in total. The SMILES string of the molecule is CC(C)[C@H]1COC2=C3OC[C@H](C(C)C)N3P(C)(=O)N21. The van der Waals surface area contributed by atoms with Crippen molar-refractivity contribution in [1.82, 2.24) is 9.34 Å². The van der Waals surface area contributed by atoms with E-state index < -0.39 is 7.44 Å². The van der Waals surface area contributed by atoms with Gasteiger partial charge in [0.1, 0.15) is 13.2 Å². The van der Waals surface area contributed by atoms with Crippen LogP contribution in [0.2, 0.25) is 0 Å². The van der Waals surface area contributed by atoms with E-state index >= 15 is 0 Å². The van der Waals surface area contributed by atoms with E-state index in [1.54, 1.807) is 0 Å². The van der Waals surface area contributed by atoms with Crippen LogP contribution in [-0.2, 0) is 14.0 Å². The van der Waals surface area contributed by atoms with Crippen LogP contribution in [0, 0.1) is 11.8 Å². The predicted molar refractivity (Wildman–Crippen MR) is 73.4 cm³/mol. The summed E-state index contributed by atoms with van der Waals surface area (Å²) in [5.74, 6) is 2.22. The molecule has 108 valence electrons. The maximum Gasteiger partial charge on any atom is 0.265 e. The molecule has 2 fully saturated rings. The van der Waals surface area contributed by atoms with Crippen LogP contribution >= 0.6 is 7.44 Å². The number of rotatable bonds is 2. The fraction of sp³-hybridized carbons (Fsp3) is 0.846. The van der Waals surface area contributed by atoms with Crippen molar-refractivity contribution in [2.45, 2.75) is 39.8 Å². The van der Waals surface area contributed by atoms with Crippen molar-refractivity contribution in [3.63, 3.8) is 0 Å². The van der Waals surface area contributed by atoms with E-state index in [0.29, 0.717) is 36.8 Å². The molecule has 2 atom stereocenters. The van der Waals surface area contributed by atoms with E-state index in [-0.39, 0.29) is 12.1 Å². The zero-order chi connectivity index (χ0) is 13.9. The Bertz CT molecular complexity index is 437. The highest BCUT2D eigenvalue weighted by Gasteiger charge is 2.58. The second-order valence-electron chi connectivity index (χ2n) is 6.38. The van der Waals surface area contributed by atoms with E-state index in [2.05, 4.69) is 27.7 Å². The number of ether oxygens (including phenoxy) is 2. The van der Waals surface area contributed by atoms with Gasteiger partial charge in [0.15, 0.2) is 0 Å². The highest BCUT2D eigenvalue weighted by atomic mass is 31.2. The summed E-state index contributed by atoms with van der Waals surface area (Å²) >= 11 is 0. The Morgan fingerprint density at radius 1 is 1.00 bits per heavy atom. The lowest BCUT2D eigenvalue weighted by atomic mass is 10.1. The molecule has 0 saturated carbocycles. The Morgan fingerprint density at radius 2 is 1.37 bits per heavy atom. The van der Waals surface area contributed by atoms with Gasteiger partial charge in [-0.05, 0) is 11.8 Å². The van der Waals surface area contributed by atoms with Crippen molar-refractivity contribution in [3.8, 4) is 0 Å². The highest BCUT2D eigenvalue weighted by molar-refractivity contribution is 7.59. The van der Waals surface area contributed by atoms with Crippen molar-refractivity contribution in [2.75, 3.05) is 19.9 Å². The summed E-state index contributed by atoms with van der Waals surface area (Å²) in [4.78, 5) is 0. The van der Waals surface area contributed by atoms with Crippen LogP contribution in [0.15, 0.2) is 11.8 Å². The Hall–Kier alpha value is -0.830. The first-order valence-corrected chi connectivity index (χ1v) is 9.08. The van der Waals surface area contributed by atoms with Gasteiger partial charge >= 0.3 is 0 Å². The minimum absolute atomic E-state index is 0.181. The fourth-order valence-electron chi connectivity index (χ4n) is 3.16. The van der Waals surface area contributed by atoms with Gasteiger partial charge in [-0.2, -0.15) is 0 Å². The Balaban J connectivity index is 2.03. The smallest absolute Gasteiger partial charge is 0.265 e. The van der Waals surface area contributed by atoms with Gasteiger partial charge in [0.05, 0.1) is 12.1 Å². The van der Waals surface area contributed by atoms with Crippen LogP contribution in [0.4, 0.5) is 0 Å². The highest BCUT2D eigenvalue weighted by Crippen LogP contribution is 2.66. The molecule has 2 saturated heterocycles. The molecular formula is C13H23N2O3P. The average molecular weight is 286 g/mol. The third-order valence-electron chi connectivity index (χ3n) is 4.35. The molecule has 0 amide bonds. The largest absolute Gasteiger partial charge is 0.473 e. The maximum atomic E-state index is 13.3. The molecular weight excluding hydrogens is 263 g/mol. The quantitative estimate of drug-likeness (QED) is 0.730. The van der Waals surface area contributed by atoms with Crippen molar-refractivity contribution in [3.05, 3.63) is 11.8 Å². The Labute approximate surface area is 115 Å².